The van der Waals surface area contributed by atoms with Gasteiger partial charge in [0.25, 0.3) is 5.91 Å². The number of hydrogen-bond acceptors (Lipinski definition) is 4. The Kier molecular flexibility index (Phi) is 5.75. The molecule has 1 heterocycles. The fourth-order valence-electron chi connectivity index (χ4n) is 3.22. The number of rotatable bonds is 5. The summed E-state index contributed by atoms with van der Waals surface area (Å²) >= 11 is 0. The lowest BCUT2D eigenvalue weighted by Crippen LogP contribution is -2.36. The molecule has 3 rings (SSSR count). The number of benzene rings is 1. The van der Waals surface area contributed by atoms with E-state index in [1.807, 2.05) is 0 Å². The lowest BCUT2D eigenvalue weighted by atomic mass is 10.1. The molecule has 1 aromatic rings. The second-order valence-electron chi connectivity index (χ2n) is 6.26. The van der Waals surface area contributed by atoms with Crippen LogP contribution in [0.5, 0.6) is 11.5 Å². The molecule has 5 heteroatoms. The molecule has 0 atom stereocenters. The summed E-state index contributed by atoms with van der Waals surface area (Å²) in [6.07, 6.45) is 7.88. The Morgan fingerprint density at radius 3 is 2.52 bits per heavy atom. The topological polar surface area (TPSA) is 59.6 Å². The third-order valence-corrected chi connectivity index (χ3v) is 4.50. The van der Waals surface area contributed by atoms with E-state index in [2.05, 4.69) is 10.6 Å². The standard InChI is InChI=1S/C18H26N2O3/c21-18(14-7-8-16-17(13-14)23-12-11-22-16)20-10-9-19-15-5-3-1-2-4-6-15/h7-8,13,15,19H,1-6,9-12H2,(H,20,21). The minimum absolute atomic E-state index is 0.0651. The third-order valence-electron chi connectivity index (χ3n) is 4.50. The van der Waals surface area contributed by atoms with Crippen molar-refractivity contribution in [2.45, 2.75) is 44.6 Å². The molecule has 2 N–H and O–H groups in total. The second kappa shape index (κ2) is 8.20. The van der Waals surface area contributed by atoms with Crippen LogP contribution in [0.2, 0.25) is 0 Å². The van der Waals surface area contributed by atoms with Gasteiger partial charge < -0.3 is 20.1 Å². The van der Waals surface area contributed by atoms with Crippen LogP contribution in [-0.4, -0.2) is 38.3 Å². The average Bonchev–Trinajstić information content (AvgIpc) is 2.87. The summed E-state index contributed by atoms with van der Waals surface area (Å²) in [6.45, 7) is 2.56. The zero-order valence-corrected chi connectivity index (χ0v) is 13.6. The minimum atomic E-state index is -0.0651. The molecule has 0 unspecified atom stereocenters. The van der Waals surface area contributed by atoms with Crippen molar-refractivity contribution in [3.8, 4) is 11.5 Å². The smallest absolute Gasteiger partial charge is 0.251 e. The highest BCUT2D eigenvalue weighted by Gasteiger charge is 2.15. The van der Waals surface area contributed by atoms with Crippen LogP contribution in [0.3, 0.4) is 0 Å². The fourth-order valence-corrected chi connectivity index (χ4v) is 3.22. The Bertz CT molecular complexity index is 525. The predicted molar refractivity (Wildman–Crippen MR) is 89.3 cm³/mol. The second-order valence-corrected chi connectivity index (χ2v) is 6.26. The van der Waals surface area contributed by atoms with Gasteiger partial charge in [-0.15, -0.1) is 0 Å². The Hall–Kier alpha value is -1.75. The van der Waals surface area contributed by atoms with Gasteiger partial charge in [-0.2, -0.15) is 0 Å². The molecule has 0 aromatic heterocycles. The Balaban J connectivity index is 1.42. The first-order valence-corrected chi connectivity index (χ1v) is 8.74. The molecule has 5 nitrogen and oxygen atoms in total. The van der Waals surface area contributed by atoms with Crippen molar-refractivity contribution in [1.82, 2.24) is 10.6 Å². The van der Waals surface area contributed by atoms with Gasteiger partial charge >= 0.3 is 0 Å². The van der Waals surface area contributed by atoms with Crippen LogP contribution in [0.25, 0.3) is 0 Å². The Morgan fingerprint density at radius 2 is 1.74 bits per heavy atom. The predicted octanol–water partition coefficient (Wildman–Crippen LogP) is 2.50. The van der Waals surface area contributed by atoms with E-state index >= 15 is 0 Å². The maximum Gasteiger partial charge on any atom is 0.251 e. The molecule has 1 aliphatic heterocycles. The molecule has 1 fully saturated rings. The quantitative estimate of drug-likeness (QED) is 0.647. The molecule has 126 valence electrons. The van der Waals surface area contributed by atoms with Gasteiger partial charge in [0.1, 0.15) is 13.2 Å². The van der Waals surface area contributed by atoms with Crippen molar-refractivity contribution in [2.75, 3.05) is 26.3 Å². The van der Waals surface area contributed by atoms with Gasteiger partial charge in [0.15, 0.2) is 11.5 Å². The first-order chi connectivity index (χ1) is 11.3. The van der Waals surface area contributed by atoms with Crippen LogP contribution in [0.4, 0.5) is 0 Å². The molecule has 0 saturated heterocycles. The first kappa shape index (κ1) is 16.1. The van der Waals surface area contributed by atoms with Crippen LogP contribution in [0, 0.1) is 0 Å². The third kappa shape index (κ3) is 4.61. The van der Waals surface area contributed by atoms with Crippen molar-refractivity contribution in [2.24, 2.45) is 0 Å². The van der Waals surface area contributed by atoms with E-state index < -0.39 is 0 Å². The van der Waals surface area contributed by atoms with Crippen molar-refractivity contribution < 1.29 is 14.3 Å². The van der Waals surface area contributed by atoms with Crippen LogP contribution < -0.4 is 20.1 Å². The molecule has 23 heavy (non-hydrogen) atoms. The lowest BCUT2D eigenvalue weighted by Gasteiger charge is -2.19. The van der Waals surface area contributed by atoms with Gasteiger partial charge in [-0.05, 0) is 31.0 Å². The van der Waals surface area contributed by atoms with E-state index in [9.17, 15) is 4.79 Å². The number of carbonyl (C=O) groups is 1. The minimum Gasteiger partial charge on any atom is -0.486 e. The maximum absolute atomic E-state index is 12.2. The molecule has 2 aliphatic rings. The Labute approximate surface area is 137 Å². The van der Waals surface area contributed by atoms with Crippen LogP contribution in [0.1, 0.15) is 48.9 Å². The SMILES string of the molecule is O=C(NCCNC1CCCCCC1)c1ccc2c(c1)OCCO2. The highest BCUT2D eigenvalue weighted by atomic mass is 16.6. The van der Waals surface area contributed by atoms with E-state index in [4.69, 9.17) is 9.47 Å². The largest absolute Gasteiger partial charge is 0.486 e. The summed E-state index contributed by atoms with van der Waals surface area (Å²) in [5.74, 6) is 1.30. The van der Waals surface area contributed by atoms with Gasteiger partial charge in [-0.3, -0.25) is 4.79 Å². The number of ether oxygens (including phenoxy) is 2. The summed E-state index contributed by atoms with van der Waals surface area (Å²) in [5.41, 5.74) is 0.615. The number of fused-ring (bicyclic) bond motifs is 1. The lowest BCUT2D eigenvalue weighted by molar-refractivity contribution is 0.0952. The summed E-state index contributed by atoms with van der Waals surface area (Å²) in [7, 11) is 0. The van der Waals surface area contributed by atoms with Crippen LogP contribution >= 0.6 is 0 Å². The van der Waals surface area contributed by atoms with Crippen LogP contribution in [0.15, 0.2) is 18.2 Å². The van der Waals surface area contributed by atoms with E-state index in [0.717, 1.165) is 6.54 Å². The van der Waals surface area contributed by atoms with E-state index in [-0.39, 0.29) is 5.91 Å². The van der Waals surface area contributed by atoms with Crippen molar-refractivity contribution in [1.29, 1.82) is 0 Å². The summed E-state index contributed by atoms with van der Waals surface area (Å²) in [4.78, 5) is 12.2. The van der Waals surface area contributed by atoms with Crippen molar-refractivity contribution in [3.05, 3.63) is 23.8 Å². The summed E-state index contributed by atoms with van der Waals surface area (Å²) < 4.78 is 11.0. The van der Waals surface area contributed by atoms with Crippen molar-refractivity contribution in [3.63, 3.8) is 0 Å². The number of carbonyl (C=O) groups excluding carboxylic acids is 1. The first-order valence-electron chi connectivity index (χ1n) is 8.74. The Morgan fingerprint density at radius 1 is 1.00 bits per heavy atom. The number of hydrogen-bond donors (Lipinski definition) is 2. The molecular weight excluding hydrogens is 292 g/mol. The molecule has 1 aromatic carbocycles. The molecule has 0 radical (unpaired) electrons. The van der Waals surface area contributed by atoms with E-state index in [0.29, 0.717) is 42.9 Å². The molecule has 1 aliphatic carbocycles. The summed E-state index contributed by atoms with van der Waals surface area (Å²) in [6, 6.07) is 5.95. The van der Waals surface area contributed by atoms with Gasteiger partial charge in [0.2, 0.25) is 0 Å². The van der Waals surface area contributed by atoms with E-state index in [1.54, 1.807) is 18.2 Å². The van der Waals surface area contributed by atoms with E-state index in [1.165, 1.54) is 38.5 Å². The molecule has 0 spiro atoms. The fraction of sp³-hybridized carbons (Fsp3) is 0.611. The molecule has 1 amide bonds. The van der Waals surface area contributed by atoms with Gasteiger partial charge in [0, 0.05) is 24.7 Å². The van der Waals surface area contributed by atoms with Gasteiger partial charge in [-0.25, -0.2) is 0 Å². The highest BCUT2D eigenvalue weighted by molar-refractivity contribution is 5.94. The molecule has 1 saturated carbocycles. The van der Waals surface area contributed by atoms with Gasteiger partial charge in [0.05, 0.1) is 0 Å². The average molecular weight is 318 g/mol. The van der Waals surface area contributed by atoms with Crippen LogP contribution in [-0.2, 0) is 0 Å². The summed E-state index contributed by atoms with van der Waals surface area (Å²) in [5, 5.41) is 6.52. The zero-order valence-electron chi connectivity index (χ0n) is 13.6. The zero-order chi connectivity index (χ0) is 15.9. The monoisotopic (exact) mass is 318 g/mol. The number of nitrogens with one attached hydrogen (secondary N) is 2. The maximum atomic E-state index is 12.2. The van der Waals surface area contributed by atoms with Gasteiger partial charge in [-0.1, -0.05) is 25.7 Å². The molecule has 0 bridgehead atoms. The highest BCUT2D eigenvalue weighted by Crippen LogP contribution is 2.30. The van der Waals surface area contributed by atoms with Crippen molar-refractivity contribution >= 4 is 5.91 Å². The normalized spacial score (nSPS) is 18.3. The number of amides is 1. The molecular formula is C18H26N2O3.